The van der Waals surface area contributed by atoms with E-state index in [1.165, 1.54) is 6.92 Å². The monoisotopic (exact) mass is 541 g/mol. The van der Waals surface area contributed by atoms with Gasteiger partial charge < -0.3 is 4.74 Å². The fraction of sp³-hybridized carbons (Fsp3) is 0.417. The van der Waals surface area contributed by atoms with Crippen LogP contribution in [0.2, 0.25) is 0 Å². The molecule has 0 bridgehead atoms. The van der Waals surface area contributed by atoms with Crippen LogP contribution in [0.1, 0.15) is 65.2 Å². The van der Waals surface area contributed by atoms with E-state index in [2.05, 4.69) is 0 Å². The number of Topliss-reactive ketones (excluding diaryl/α,β-unsaturated/α-hetero) is 1. The van der Waals surface area contributed by atoms with Crippen LogP contribution in [-0.4, -0.2) is 24.5 Å². The number of alkyl halides is 9. The van der Waals surface area contributed by atoms with Gasteiger partial charge in [-0.3, -0.25) is 9.69 Å². The lowest BCUT2D eigenvalue weighted by Crippen LogP contribution is -2.46. The van der Waals surface area contributed by atoms with Crippen molar-refractivity contribution in [1.29, 1.82) is 0 Å². The fourth-order valence-electron chi connectivity index (χ4n) is 4.27. The van der Waals surface area contributed by atoms with Crippen molar-refractivity contribution in [2.75, 3.05) is 11.5 Å². The molecule has 2 aromatic rings. The number of benzene rings is 2. The number of fused-ring (bicyclic) bond motifs is 1. The predicted molar refractivity (Wildman–Crippen MR) is 113 cm³/mol. The Morgan fingerprint density at radius 1 is 0.838 bits per heavy atom. The van der Waals surface area contributed by atoms with Crippen LogP contribution in [0.3, 0.4) is 0 Å². The second kappa shape index (κ2) is 9.90. The largest absolute Gasteiger partial charge is 0.449 e. The first-order valence-corrected chi connectivity index (χ1v) is 11.0. The van der Waals surface area contributed by atoms with Crippen molar-refractivity contribution < 1.29 is 53.8 Å². The highest BCUT2D eigenvalue weighted by molar-refractivity contribution is 6.04. The van der Waals surface area contributed by atoms with Gasteiger partial charge in [-0.2, -0.15) is 39.5 Å². The summed E-state index contributed by atoms with van der Waals surface area (Å²) >= 11 is 0. The predicted octanol–water partition coefficient (Wildman–Crippen LogP) is 7.85. The zero-order chi connectivity index (χ0) is 27.9. The third kappa shape index (κ3) is 5.85. The maximum Gasteiger partial charge on any atom is 0.416 e. The number of amides is 1. The second-order valence-electron chi connectivity index (χ2n) is 8.35. The van der Waals surface area contributed by atoms with Gasteiger partial charge in [0.1, 0.15) is 0 Å². The molecule has 1 unspecified atom stereocenters. The minimum absolute atomic E-state index is 0.0749. The molecule has 0 aliphatic carbocycles. The highest BCUT2D eigenvalue weighted by Gasteiger charge is 2.43. The Kier molecular flexibility index (Phi) is 7.58. The van der Waals surface area contributed by atoms with Crippen molar-refractivity contribution in [3.8, 4) is 0 Å². The molecule has 0 fully saturated rings. The van der Waals surface area contributed by atoms with E-state index in [1.54, 1.807) is 6.92 Å². The summed E-state index contributed by atoms with van der Waals surface area (Å²) < 4.78 is 125. The van der Waals surface area contributed by atoms with Crippen molar-refractivity contribution in [2.45, 2.75) is 57.2 Å². The van der Waals surface area contributed by atoms with Crippen molar-refractivity contribution in [3.63, 3.8) is 0 Å². The Morgan fingerprint density at radius 3 is 1.84 bits per heavy atom. The second-order valence-corrected chi connectivity index (χ2v) is 8.35. The summed E-state index contributed by atoms with van der Waals surface area (Å²) in [5.74, 6) is -2.79. The average molecular weight is 541 g/mol. The van der Waals surface area contributed by atoms with Crippen LogP contribution < -0.4 is 4.90 Å². The first kappa shape index (κ1) is 28.3. The first-order chi connectivity index (χ1) is 17.0. The topological polar surface area (TPSA) is 46.6 Å². The zero-order valence-corrected chi connectivity index (χ0v) is 19.3. The number of halogens is 9. The molecule has 202 valence electrons. The van der Waals surface area contributed by atoms with Gasteiger partial charge in [-0.05, 0) is 61.7 Å². The number of carbonyl (C=O) groups is 2. The average Bonchev–Trinajstić information content (AvgIpc) is 2.80. The first-order valence-electron chi connectivity index (χ1n) is 11.0. The van der Waals surface area contributed by atoms with Gasteiger partial charge in [0.25, 0.3) is 0 Å². The van der Waals surface area contributed by atoms with Gasteiger partial charge in [0.15, 0.2) is 5.78 Å². The molecule has 0 saturated carbocycles. The Balaban J connectivity index is 2.23. The van der Waals surface area contributed by atoms with E-state index >= 15 is 0 Å². The van der Waals surface area contributed by atoms with Crippen LogP contribution >= 0.6 is 0 Å². The summed E-state index contributed by atoms with van der Waals surface area (Å²) in [7, 11) is 0. The fourth-order valence-corrected chi connectivity index (χ4v) is 4.27. The third-order valence-electron chi connectivity index (χ3n) is 5.99. The molecule has 2 atom stereocenters. The molecule has 2 aromatic carbocycles. The molecule has 0 aromatic heterocycles. The molecule has 4 nitrogen and oxygen atoms in total. The SMILES string of the molecule is CCOC(=O)N1c2ccc(C(F)(F)F)cc2[C@@H](C(=O)c2cc(C(F)(F)F)cc(C(F)(F)F)c2)CC1CC. The lowest BCUT2D eigenvalue weighted by atomic mass is 9.79. The van der Waals surface area contributed by atoms with Gasteiger partial charge in [0.05, 0.1) is 34.9 Å². The maximum atomic E-state index is 13.5. The molecule has 13 heteroatoms. The molecule has 1 amide bonds. The van der Waals surface area contributed by atoms with Gasteiger partial charge in [0, 0.05) is 11.6 Å². The summed E-state index contributed by atoms with van der Waals surface area (Å²) in [5, 5.41) is 0. The number of hydrogen-bond acceptors (Lipinski definition) is 3. The lowest BCUT2D eigenvalue weighted by molar-refractivity contribution is -0.143. The Morgan fingerprint density at radius 2 is 1.38 bits per heavy atom. The molecule has 1 aliphatic rings. The minimum Gasteiger partial charge on any atom is -0.449 e. The van der Waals surface area contributed by atoms with Crippen LogP contribution in [0.15, 0.2) is 36.4 Å². The number of nitrogens with zero attached hydrogens (tertiary/aromatic N) is 1. The van der Waals surface area contributed by atoms with Gasteiger partial charge in [-0.15, -0.1) is 0 Å². The number of carbonyl (C=O) groups excluding carboxylic acids is 2. The van der Waals surface area contributed by atoms with Gasteiger partial charge in [-0.25, -0.2) is 4.79 Å². The molecule has 0 radical (unpaired) electrons. The van der Waals surface area contributed by atoms with Crippen molar-refractivity contribution in [3.05, 3.63) is 64.2 Å². The molecule has 1 aliphatic heterocycles. The van der Waals surface area contributed by atoms with E-state index in [4.69, 9.17) is 4.74 Å². The van der Waals surface area contributed by atoms with E-state index in [1.807, 2.05) is 0 Å². The summed E-state index contributed by atoms with van der Waals surface area (Å²) in [6.45, 7) is 3.02. The number of rotatable bonds is 4. The van der Waals surface area contributed by atoms with E-state index < -0.39 is 64.6 Å². The normalized spacial score (nSPS) is 18.4. The molecule has 0 spiro atoms. The smallest absolute Gasteiger partial charge is 0.416 e. The Hall–Kier alpha value is -3.25. The van der Waals surface area contributed by atoms with Gasteiger partial charge in [0.2, 0.25) is 0 Å². The quantitative estimate of drug-likeness (QED) is 0.293. The Labute approximate surface area is 205 Å². The summed E-state index contributed by atoms with van der Waals surface area (Å²) in [6, 6.07) is 1.68. The van der Waals surface area contributed by atoms with E-state index in [-0.39, 0.29) is 48.9 Å². The van der Waals surface area contributed by atoms with E-state index in [0.29, 0.717) is 12.1 Å². The van der Waals surface area contributed by atoms with Crippen molar-refractivity contribution in [2.24, 2.45) is 0 Å². The maximum absolute atomic E-state index is 13.5. The van der Waals surface area contributed by atoms with Gasteiger partial charge >= 0.3 is 24.6 Å². The summed E-state index contributed by atoms with van der Waals surface area (Å²) in [6.07, 6.45) is -16.4. The molecular formula is C24H20F9NO3. The van der Waals surface area contributed by atoms with Crippen LogP contribution in [0.5, 0.6) is 0 Å². The number of anilines is 1. The van der Waals surface area contributed by atoms with E-state index in [9.17, 15) is 49.1 Å². The zero-order valence-electron chi connectivity index (χ0n) is 19.3. The molecule has 3 rings (SSSR count). The lowest BCUT2D eigenvalue weighted by Gasteiger charge is -2.39. The van der Waals surface area contributed by atoms with Crippen molar-refractivity contribution >= 4 is 17.6 Å². The highest BCUT2D eigenvalue weighted by Crippen LogP contribution is 2.45. The molecule has 0 saturated heterocycles. The molecule has 37 heavy (non-hydrogen) atoms. The van der Waals surface area contributed by atoms with Crippen LogP contribution in [-0.2, 0) is 23.3 Å². The van der Waals surface area contributed by atoms with Gasteiger partial charge in [-0.1, -0.05) is 6.92 Å². The summed E-state index contributed by atoms with van der Waals surface area (Å²) in [5.41, 5.74) is -6.14. The molecule has 0 N–H and O–H groups in total. The standard InChI is InChI=1S/C24H20F9NO3/c1-3-16-11-18(20(35)12-7-14(23(28,29)30)9-15(8-12)24(31,32)33)17-10-13(22(25,26)27)5-6-19(17)34(16)21(36)37-4-2/h5-10,16,18H,3-4,11H2,1-2H3/t16?,18-/m0/s1. The van der Waals surface area contributed by atoms with Crippen LogP contribution in [0.25, 0.3) is 0 Å². The van der Waals surface area contributed by atoms with Crippen LogP contribution in [0.4, 0.5) is 50.0 Å². The Bertz CT molecular complexity index is 1150. The highest BCUT2D eigenvalue weighted by atomic mass is 19.4. The number of ether oxygens (including phenoxy) is 1. The molecular weight excluding hydrogens is 521 g/mol. The number of ketones is 1. The minimum atomic E-state index is -5.23. The number of hydrogen-bond donors (Lipinski definition) is 0. The van der Waals surface area contributed by atoms with Crippen molar-refractivity contribution in [1.82, 2.24) is 0 Å². The molecule has 1 heterocycles. The van der Waals surface area contributed by atoms with E-state index in [0.717, 1.165) is 11.0 Å². The third-order valence-corrected chi connectivity index (χ3v) is 5.99. The van der Waals surface area contributed by atoms with Crippen LogP contribution in [0, 0.1) is 0 Å². The summed E-state index contributed by atoms with van der Waals surface area (Å²) in [4.78, 5) is 27.1.